The van der Waals surface area contributed by atoms with Crippen molar-refractivity contribution >= 4 is 17.8 Å². The number of rotatable bonds is 3. The number of imide groups is 1. The fourth-order valence-corrected chi connectivity index (χ4v) is 2.67. The van der Waals surface area contributed by atoms with Gasteiger partial charge in [-0.15, -0.1) is 0 Å². The normalized spacial score (nSPS) is 20.6. The Bertz CT molecular complexity index is 600. The van der Waals surface area contributed by atoms with E-state index in [1.807, 2.05) is 6.08 Å². The Hall–Kier alpha value is -2.43. The van der Waals surface area contributed by atoms with Crippen molar-refractivity contribution in [2.24, 2.45) is 5.92 Å². The predicted octanol–water partition coefficient (Wildman–Crippen LogP) is 2.49. The first-order chi connectivity index (χ1) is 10.2. The first-order valence-corrected chi connectivity index (χ1v) is 7.00. The van der Waals surface area contributed by atoms with Crippen LogP contribution in [0.3, 0.4) is 0 Å². The average molecular weight is 285 g/mol. The van der Waals surface area contributed by atoms with Crippen molar-refractivity contribution in [2.75, 3.05) is 0 Å². The van der Waals surface area contributed by atoms with Crippen LogP contribution in [0.1, 0.15) is 46.4 Å². The molecule has 1 aromatic carbocycles. The topological polar surface area (TPSA) is 63.7 Å². The molecule has 0 N–H and O–H groups in total. The van der Waals surface area contributed by atoms with Crippen molar-refractivity contribution in [3.8, 4) is 0 Å². The Morgan fingerprint density at radius 3 is 2.38 bits per heavy atom. The average Bonchev–Trinajstić information content (AvgIpc) is 2.74. The predicted molar refractivity (Wildman–Crippen MR) is 74.1 cm³/mol. The molecule has 5 heteroatoms. The lowest BCUT2D eigenvalue weighted by Crippen LogP contribution is -2.33. The first-order valence-electron chi connectivity index (χ1n) is 7.00. The molecule has 0 spiro atoms. The van der Waals surface area contributed by atoms with Crippen LogP contribution in [0.4, 0.5) is 0 Å². The molecule has 2 aliphatic rings. The van der Waals surface area contributed by atoms with E-state index < -0.39 is 17.8 Å². The molecule has 2 amide bonds. The van der Waals surface area contributed by atoms with Gasteiger partial charge in [-0.1, -0.05) is 29.3 Å². The number of carbonyl (C=O) groups excluding carboxylic acids is 3. The van der Waals surface area contributed by atoms with Gasteiger partial charge in [-0.25, -0.2) is 4.79 Å². The van der Waals surface area contributed by atoms with E-state index in [1.165, 1.54) is 0 Å². The highest BCUT2D eigenvalue weighted by atomic mass is 16.7. The minimum atomic E-state index is -0.576. The van der Waals surface area contributed by atoms with E-state index in [0.29, 0.717) is 5.06 Å². The van der Waals surface area contributed by atoms with Crippen molar-refractivity contribution in [3.63, 3.8) is 0 Å². The molecule has 1 aliphatic carbocycles. The maximum Gasteiger partial charge on any atom is 0.333 e. The molecular weight excluding hydrogens is 270 g/mol. The minimum Gasteiger partial charge on any atom is -0.330 e. The lowest BCUT2D eigenvalue weighted by atomic mass is 9.92. The Labute approximate surface area is 122 Å². The summed E-state index contributed by atoms with van der Waals surface area (Å²) in [6, 6.07) is 6.44. The van der Waals surface area contributed by atoms with E-state index in [2.05, 4.69) is 6.08 Å². The number of hydroxylamine groups is 2. The summed E-state index contributed by atoms with van der Waals surface area (Å²) in [6.07, 6.45) is 7.06. The molecule has 21 heavy (non-hydrogen) atoms. The molecule has 1 unspecified atom stereocenters. The second kappa shape index (κ2) is 5.52. The second-order valence-electron chi connectivity index (χ2n) is 5.27. The van der Waals surface area contributed by atoms with E-state index >= 15 is 0 Å². The second-order valence-corrected chi connectivity index (χ2v) is 5.27. The van der Waals surface area contributed by atoms with Gasteiger partial charge in [-0.05, 0) is 37.3 Å². The molecule has 0 aromatic heterocycles. The summed E-state index contributed by atoms with van der Waals surface area (Å²) in [4.78, 5) is 41.0. The number of fused-ring (bicyclic) bond motifs is 1. The quantitative estimate of drug-likeness (QED) is 0.632. The highest BCUT2D eigenvalue weighted by Gasteiger charge is 2.38. The number of hydrogen-bond acceptors (Lipinski definition) is 4. The third-order valence-corrected chi connectivity index (χ3v) is 3.78. The SMILES string of the molecule is O=C(CC1CC=CCC1)ON1C(=O)c2ccccc2C1=O. The molecule has 0 fully saturated rings. The lowest BCUT2D eigenvalue weighted by molar-refractivity contribution is -0.169. The van der Waals surface area contributed by atoms with Crippen molar-refractivity contribution in [2.45, 2.75) is 25.7 Å². The number of hydrogen-bond donors (Lipinski definition) is 0. The van der Waals surface area contributed by atoms with Gasteiger partial charge in [0.05, 0.1) is 17.5 Å². The molecule has 1 heterocycles. The van der Waals surface area contributed by atoms with Gasteiger partial charge in [0.15, 0.2) is 0 Å². The summed E-state index contributed by atoms with van der Waals surface area (Å²) in [5.41, 5.74) is 0.548. The molecule has 0 saturated heterocycles. The zero-order valence-corrected chi connectivity index (χ0v) is 11.5. The zero-order valence-electron chi connectivity index (χ0n) is 11.5. The summed E-state index contributed by atoms with van der Waals surface area (Å²) in [5, 5.41) is 0.575. The molecule has 0 saturated carbocycles. The van der Waals surface area contributed by atoms with E-state index in [4.69, 9.17) is 4.84 Å². The standard InChI is InChI=1S/C16H15NO4/c18-14(10-11-6-2-1-3-7-11)21-17-15(19)12-8-4-5-9-13(12)16(17)20/h1-2,4-5,8-9,11H,3,6-7,10H2. The van der Waals surface area contributed by atoms with E-state index in [0.717, 1.165) is 19.3 Å². The summed E-state index contributed by atoms with van der Waals surface area (Å²) >= 11 is 0. The zero-order chi connectivity index (χ0) is 14.8. The minimum absolute atomic E-state index is 0.220. The van der Waals surface area contributed by atoms with Gasteiger partial charge in [0.1, 0.15) is 0 Å². The van der Waals surface area contributed by atoms with Crippen molar-refractivity contribution < 1.29 is 19.2 Å². The van der Waals surface area contributed by atoms with Crippen LogP contribution in [0.25, 0.3) is 0 Å². The fraction of sp³-hybridized carbons (Fsp3) is 0.312. The molecular formula is C16H15NO4. The third kappa shape index (κ3) is 2.59. The molecule has 108 valence electrons. The summed E-state index contributed by atoms with van der Waals surface area (Å²) in [7, 11) is 0. The van der Waals surface area contributed by atoms with Crippen LogP contribution in [0, 0.1) is 5.92 Å². The van der Waals surface area contributed by atoms with Gasteiger partial charge in [0.25, 0.3) is 11.8 Å². The van der Waals surface area contributed by atoms with Crippen LogP contribution >= 0.6 is 0 Å². The molecule has 1 aliphatic heterocycles. The highest BCUT2D eigenvalue weighted by Crippen LogP contribution is 2.25. The van der Waals surface area contributed by atoms with Gasteiger partial charge in [-0.2, -0.15) is 0 Å². The molecule has 0 bridgehead atoms. The van der Waals surface area contributed by atoms with Crippen LogP contribution in [0.5, 0.6) is 0 Å². The van der Waals surface area contributed by atoms with Crippen LogP contribution < -0.4 is 0 Å². The van der Waals surface area contributed by atoms with Crippen LogP contribution in [0.15, 0.2) is 36.4 Å². The van der Waals surface area contributed by atoms with Crippen LogP contribution in [-0.2, 0) is 9.63 Å². The van der Waals surface area contributed by atoms with Crippen molar-refractivity contribution in [3.05, 3.63) is 47.5 Å². The maximum atomic E-state index is 12.1. The number of nitrogens with zero attached hydrogens (tertiary/aromatic N) is 1. The largest absolute Gasteiger partial charge is 0.333 e. The monoisotopic (exact) mass is 285 g/mol. The van der Waals surface area contributed by atoms with Gasteiger partial charge < -0.3 is 4.84 Å². The van der Waals surface area contributed by atoms with E-state index in [9.17, 15) is 14.4 Å². The Morgan fingerprint density at radius 2 is 1.81 bits per heavy atom. The first kappa shape index (κ1) is 13.5. The van der Waals surface area contributed by atoms with Crippen molar-refractivity contribution in [1.29, 1.82) is 0 Å². The summed E-state index contributed by atoms with van der Waals surface area (Å²) in [5.74, 6) is -1.47. The Morgan fingerprint density at radius 1 is 1.14 bits per heavy atom. The molecule has 3 rings (SSSR count). The van der Waals surface area contributed by atoms with Gasteiger partial charge in [-0.3, -0.25) is 9.59 Å². The van der Waals surface area contributed by atoms with E-state index in [-0.39, 0.29) is 23.5 Å². The molecule has 5 nitrogen and oxygen atoms in total. The number of amides is 2. The van der Waals surface area contributed by atoms with Crippen molar-refractivity contribution in [1.82, 2.24) is 5.06 Å². The number of allylic oxidation sites excluding steroid dienone is 2. The third-order valence-electron chi connectivity index (χ3n) is 3.78. The Balaban J connectivity index is 1.66. The number of benzene rings is 1. The van der Waals surface area contributed by atoms with Crippen LogP contribution in [0.2, 0.25) is 0 Å². The van der Waals surface area contributed by atoms with Gasteiger partial charge >= 0.3 is 5.97 Å². The maximum absolute atomic E-state index is 12.1. The van der Waals surface area contributed by atoms with Gasteiger partial charge in [0, 0.05) is 0 Å². The summed E-state index contributed by atoms with van der Waals surface area (Å²) < 4.78 is 0. The Kier molecular flexibility index (Phi) is 3.56. The molecule has 1 aromatic rings. The molecule has 0 radical (unpaired) electrons. The molecule has 1 atom stereocenters. The van der Waals surface area contributed by atoms with E-state index in [1.54, 1.807) is 24.3 Å². The summed E-state index contributed by atoms with van der Waals surface area (Å²) in [6.45, 7) is 0. The highest BCUT2D eigenvalue weighted by molar-refractivity contribution is 6.20. The van der Waals surface area contributed by atoms with Gasteiger partial charge in [0.2, 0.25) is 0 Å². The number of carbonyl (C=O) groups is 3. The van der Waals surface area contributed by atoms with Crippen LogP contribution in [-0.4, -0.2) is 22.8 Å². The smallest absolute Gasteiger partial charge is 0.330 e. The lowest BCUT2D eigenvalue weighted by Gasteiger charge is -2.18. The fourth-order valence-electron chi connectivity index (χ4n) is 2.67.